The first-order valence-electron chi connectivity index (χ1n) is 4.47. The standard InChI is InChI=1S/C10H10N4S/c1-8(9-4-2-3-5-11-9)13-14-10-12-6-7-15-10/h2-7H,1H3,(H,12,14)/b13-8+. The first-order chi connectivity index (χ1) is 7.36. The molecule has 0 spiro atoms. The molecule has 5 heteroatoms. The highest BCUT2D eigenvalue weighted by Crippen LogP contribution is 2.10. The third-order valence-electron chi connectivity index (χ3n) is 1.79. The molecule has 4 nitrogen and oxygen atoms in total. The maximum absolute atomic E-state index is 4.19. The smallest absolute Gasteiger partial charge is 0.203 e. The third-order valence-corrected chi connectivity index (χ3v) is 2.46. The van der Waals surface area contributed by atoms with E-state index in [1.165, 1.54) is 11.3 Å². The van der Waals surface area contributed by atoms with Crippen LogP contribution in [0.4, 0.5) is 5.13 Å². The molecule has 0 atom stereocenters. The van der Waals surface area contributed by atoms with Crippen molar-refractivity contribution >= 4 is 22.2 Å². The molecule has 15 heavy (non-hydrogen) atoms. The Balaban J connectivity index is 2.08. The van der Waals surface area contributed by atoms with E-state index in [2.05, 4.69) is 20.5 Å². The number of hydrogen-bond acceptors (Lipinski definition) is 5. The zero-order chi connectivity index (χ0) is 10.5. The van der Waals surface area contributed by atoms with E-state index in [0.29, 0.717) is 0 Å². The fourth-order valence-corrected chi connectivity index (χ4v) is 1.52. The minimum atomic E-state index is 0.783. The number of pyridine rings is 1. The second-order valence-electron chi connectivity index (χ2n) is 2.86. The number of rotatable bonds is 3. The van der Waals surface area contributed by atoms with Crippen molar-refractivity contribution in [1.82, 2.24) is 9.97 Å². The number of nitrogens with zero attached hydrogens (tertiary/aromatic N) is 3. The Kier molecular flexibility index (Phi) is 3.04. The minimum absolute atomic E-state index is 0.783. The highest BCUT2D eigenvalue weighted by molar-refractivity contribution is 7.13. The van der Waals surface area contributed by atoms with Gasteiger partial charge in [-0.05, 0) is 19.1 Å². The third kappa shape index (κ3) is 2.60. The van der Waals surface area contributed by atoms with Crippen LogP contribution in [0.5, 0.6) is 0 Å². The maximum Gasteiger partial charge on any atom is 0.203 e. The molecule has 0 radical (unpaired) electrons. The van der Waals surface area contributed by atoms with Crippen LogP contribution in [-0.2, 0) is 0 Å². The van der Waals surface area contributed by atoms with Gasteiger partial charge in [0.2, 0.25) is 5.13 Å². The summed E-state index contributed by atoms with van der Waals surface area (Å²) >= 11 is 1.51. The summed E-state index contributed by atoms with van der Waals surface area (Å²) in [5, 5.41) is 6.87. The van der Waals surface area contributed by atoms with E-state index >= 15 is 0 Å². The maximum atomic E-state index is 4.19. The first-order valence-corrected chi connectivity index (χ1v) is 5.35. The zero-order valence-electron chi connectivity index (χ0n) is 8.21. The highest BCUT2D eigenvalue weighted by atomic mass is 32.1. The van der Waals surface area contributed by atoms with Gasteiger partial charge in [-0.2, -0.15) is 5.10 Å². The normalized spacial score (nSPS) is 11.4. The van der Waals surface area contributed by atoms with Gasteiger partial charge in [0.25, 0.3) is 0 Å². The van der Waals surface area contributed by atoms with Crippen LogP contribution < -0.4 is 5.43 Å². The lowest BCUT2D eigenvalue weighted by Crippen LogP contribution is -2.01. The molecule has 0 fully saturated rings. The number of hydrazone groups is 1. The first kappa shape index (κ1) is 9.79. The predicted octanol–water partition coefficient (Wildman–Crippen LogP) is 2.37. The molecule has 2 aromatic rings. The topological polar surface area (TPSA) is 50.2 Å². The molecule has 2 aromatic heterocycles. The lowest BCUT2D eigenvalue weighted by Gasteiger charge is -1.99. The molecule has 0 saturated heterocycles. The number of aromatic nitrogens is 2. The van der Waals surface area contributed by atoms with Crippen LogP contribution in [0.15, 0.2) is 41.1 Å². The summed E-state index contributed by atoms with van der Waals surface area (Å²) in [6, 6.07) is 5.73. The summed E-state index contributed by atoms with van der Waals surface area (Å²) in [5.41, 5.74) is 4.58. The van der Waals surface area contributed by atoms with Gasteiger partial charge in [0.15, 0.2) is 0 Å². The van der Waals surface area contributed by atoms with E-state index in [4.69, 9.17) is 0 Å². The Labute approximate surface area is 91.7 Å². The lowest BCUT2D eigenvalue weighted by molar-refractivity contribution is 1.23. The summed E-state index contributed by atoms with van der Waals surface area (Å²) < 4.78 is 0. The van der Waals surface area contributed by atoms with Crippen LogP contribution in [0.2, 0.25) is 0 Å². The molecule has 0 aliphatic rings. The molecule has 2 rings (SSSR count). The summed E-state index contributed by atoms with van der Waals surface area (Å²) in [6.07, 6.45) is 3.48. The van der Waals surface area contributed by atoms with Gasteiger partial charge in [0, 0.05) is 17.8 Å². The van der Waals surface area contributed by atoms with Crippen LogP contribution in [-0.4, -0.2) is 15.7 Å². The molecule has 2 heterocycles. The van der Waals surface area contributed by atoms with E-state index in [-0.39, 0.29) is 0 Å². The number of anilines is 1. The van der Waals surface area contributed by atoms with Crippen LogP contribution in [0.25, 0.3) is 0 Å². The molecule has 0 bridgehead atoms. The van der Waals surface area contributed by atoms with Crippen molar-refractivity contribution in [3.63, 3.8) is 0 Å². The Morgan fingerprint density at radius 1 is 1.33 bits per heavy atom. The molecular weight excluding hydrogens is 208 g/mol. The van der Waals surface area contributed by atoms with Crippen LogP contribution >= 0.6 is 11.3 Å². The van der Waals surface area contributed by atoms with Gasteiger partial charge in [-0.15, -0.1) is 11.3 Å². The average Bonchev–Trinajstić information content (AvgIpc) is 2.80. The molecule has 76 valence electrons. The van der Waals surface area contributed by atoms with Gasteiger partial charge >= 0.3 is 0 Å². The highest BCUT2D eigenvalue weighted by Gasteiger charge is 1.97. The Morgan fingerprint density at radius 2 is 2.27 bits per heavy atom. The van der Waals surface area contributed by atoms with E-state index in [1.807, 2.05) is 30.5 Å². The quantitative estimate of drug-likeness (QED) is 0.635. The Bertz CT molecular complexity index is 436. The van der Waals surface area contributed by atoms with E-state index in [1.54, 1.807) is 12.4 Å². The van der Waals surface area contributed by atoms with Crippen molar-refractivity contribution in [3.8, 4) is 0 Å². The lowest BCUT2D eigenvalue weighted by atomic mass is 10.3. The van der Waals surface area contributed by atoms with Gasteiger partial charge in [0.1, 0.15) is 0 Å². The van der Waals surface area contributed by atoms with Crippen molar-refractivity contribution in [1.29, 1.82) is 0 Å². The van der Waals surface area contributed by atoms with Crippen molar-refractivity contribution in [3.05, 3.63) is 41.7 Å². The Morgan fingerprint density at radius 3 is 2.93 bits per heavy atom. The molecule has 0 aliphatic heterocycles. The molecule has 0 saturated carbocycles. The van der Waals surface area contributed by atoms with E-state index in [9.17, 15) is 0 Å². The zero-order valence-corrected chi connectivity index (χ0v) is 9.03. The van der Waals surface area contributed by atoms with Gasteiger partial charge in [-0.3, -0.25) is 10.4 Å². The van der Waals surface area contributed by atoms with Crippen LogP contribution in [0, 0.1) is 0 Å². The molecule has 0 unspecified atom stereocenters. The number of nitrogens with one attached hydrogen (secondary N) is 1. The fourth-order valence-electron chi connectivity index (χ4n) is 1.04. The van der Waals surface area contributed by atoms with Crippen LogP contribution in [0.1, 0.15) is 12.6 Å². The summed E-state index contributed by atoms with van der Waals surface area (Å²) in [5.74, 6) is 0. The molecule has 0 aliphatic carbocycles. The van der Waals surface area contributed by atoms with Gasteiger partial charge in [0.05, 0.1) is 11.4 Å². The largest absolute Gasteiger partial charge is 0.255 e. The monoisotopic (exact) mass is 218 g/mol. The van der Waals surface area contributed by atoms with Gasteiger partial charge < -0.3 is 0 Å². The predicted molar refractivity (Wildman–Crippen MR) is 62.2 cm³/mol. The van der Waals surface area contributed by atoms with Crippen molar-refractivity contribution in [2.75, 3.05) is 5.43 Å². The fraction of sp³-hybridized carbons (Fsp3) is 0.100. The van der Waals surface area contributed by atoms with E-state index < -0.39 is 0 Å². The summed E-state index contributed by atoms with van der Waals surface area (Å²) in [4.78, 5) is 8.25. The van der Waals surface area contributed by atoms with Gasteiger partial charge in [-0.25, -0.2) is 4.98 Å². The van der Waals surface area contributed by atoms with E-state index in [0.717, 1.165) is 16.5 Å². The molecule has 0 amide bonds. The summed E-state index contributed by atoms with van der Waals surface area (Å²) in [7, 11) is 0. The van der Waals surface area contributed by atoms with Crippen molar-refractivity contribution in [2.24, 2.45) is 5.10 Å². The van der Waals surface area contributed by atoms with Crippen molar-refractivity contribution in [2.45, 2.75) is 6.92 Å². The SMILES string of the molecule is C/C(=N\Nc1nccs1)c1ccccn1. The van der Waals surface area contributed by atoms with Crippen molar-refractivity contribution < 1.29 is 0 Å². The number of thiazole rings is 1. The molecule has 0 aromatic carbocycles. The Hall–Kier alpha value is -1.75. The number of hydrogen-bond donors (Lipinski definition) is 1. The summed E-state index contributed by atoms with van der Waals surface area (Å²) in [6.45, 7) is 1.91. The van der Waals surface area contributed by atoms with Gasteiger partial charge in [-0.1, -0.05) is 6.07 Å². The molecule has 1 N–H and O–H groups in total. The second-order valence-corrected chi connectivity index (χ2v) is 3.76. The molecular formula is C10H10N4S. The minimum Gasteiger partial charge on any atom is -0.255 e. The van der Waals surface area contributed by atoms with Crippen LogP contribution in [0.3, 0.4) is 0 Å². The second kappa shape index (κ2) is 4.65. The average molecular weight is 218 g/mol.